The molecule has 2 amide bonds. The number of rotatable bonds is 3. The molecule has 0 aromatic heterocycles. The lowest BCUT2D eigenvalue weighted by Gasteiger charge is -2.37. The molecule has 7 heteroatoms. The van der Waals surface area contributed by atoms with Crippen molar-refractivity contribution in [3.8, 4) is 0 Å². The topological polar surface area (TPSA) is 99.1 Å². The SMILES string of the molecule is O=C(O)C1C2CCC(C2)C1NC(=O)N1CCOCC1CO. The molecule has 2 bridgehead atoms. The lowest BCUT2D eigenvalue weighted by molar-refractivity contribution is -0.144. The summed E-state index contributed by atoms with van der Waals surface area (Å²) in [6, 6.07) is -0.905. The van der Waals surface area contributed by atoms with E-state index in [0.717, 1.165) is 19.3 Å². The van der Waals surface area contributed by atoms with Crippen molar-refractivity contribution >= 4 is 12.0 Å². The summed E-state index contributed by atoms with van der Waals surface area (Å²) in [5.41, 5.74) is 0. The van der Waals surface area contributed by atoms with Crippen LogP contribution in [0.5, 0.6) is 0 Å². The van der Waals surface area contributed by atoms with Crippen LogP contribution in [0.15, 0.2) is 0 Å². The molecule has 21 heavy (non-hydrogen) atoms. The van der Waals surface area contributed by atoms with Crippen molar-refractivity contribution in [3.05, 3.63) is 0 Å². The van der Waals surface area contributed by atoms with Gasteiger partial charge in [0.1, 0.15) is 0 Å². The van der Waals surface area contributed by atoms with Crippen LogP contribution in [0.25, 0.3) is 0 Å². The summed E-state index contributed by atoms with van der Waals surface area (Å²) in [5, 5.41) is 21.6. The Hall–Kier alpha value is -1.34. The number of nitrogens with one attached hydrogen (secondary N) is 1. The number of hydrogen-bond donors (Lipinski definition) is 3. The van der Waals surface area contributed by atoms with Gasteiger partial charge in [0.25, 0.3) is 0 Å². The standard InChI is InChI=1S/C14H22N2O5/c17-6-10-7-21-4-3-16(10)14(20)15-12-9-2-1-8(5-9)11(12)13(18)19/h8-12,17H,1-7H2,(H,15,20)(H,18,19). The van der Waals surface area contributed by atoms with Crippen LogP contribution in [-0.2, 0) is 9.53 Å². The van der Waals surface area contributed by atoms with Crippen molar-refractivity contribution in [1.82, 2.24) is 10.2 Å². The quantitative estimate of drug-likeness (QED) is 0.675. The minimum Gasteiger partial charge on any atom is -0.481 e. The second-order valence-corrected chi connectivity index (χ2v) is 6.28. The van der Waals surface area contributed by atoms with Gasteiger partial charge >= 0.3 is 12.0 Å². The number of carbonyl (C=O) groups excluding carboxylic acids is 1. The molecule has 1 aliphatic heterocycles. The van der Waals surface area contributed by atoms with Gasteiger partial charge < -0.3 is 25.2 Å². The fourth-order valence-corrected chi connectivity index (χ4v) is 4.15. The Balaban J connectivity index is 1.67. The third kappa shape index (κ3) is 2.60. The lowest BCUT2D eigenvalue weighted by atomic mass is 9.84. The van der Waals surface area contributed by atoms with Crippen LogP contribution in [0.2, 0.25) is 0 Å². The van der Waals surface area contributed by atoms with Crippen LogP contribution in [0, 0.1) is 17.8 Å². The van der Waals surface area contributed by atoms with Crippen molar-refractivity contribution in [2.24, 2.45) is 17.8 Å². The number of carbonyl (C=O) groups is 2. The molecule has 0 radical (unpaired) electrons. The van der Waals surface area contributed by atoms with E-state index < -0.39 is 11.9 Å². The highest BCUT2D eigenvalue weighted by atomic mass is 16.5. The molecule has 0 spiro atoms. The smallest absolute Gasteiger partial charge is 0.318 e. The largest absolute Gasteiger partial charge is 0.481 e. The maximum Gasteiger partial charge on any atom is 0.318 e. The molecule has 7 nitrogen and oxygen atoms in total. The zero-order valence-corrected chi connectivity index (χ0v) is 11.9. The van der Waals surface area contributed by atoms with Crippen LogP contribution >= 0.6 is 0 Å². The number of aliphatic hydroxyl groups excluding tert-OH is 1. The predicted molar refractivity (Wildman–Crippen MR) is 72.7 cm³/mol. The van der Waals surface area contributed by atoms with E-state index in [1.54, 1.807) is 4.90 Å². The van der Waals surface area contributed by atoms with E-state index in [4.69, 9.17) is 4.74 Å². The van der Waals surface area contributed by atoms with Gasteiger partial charge in [0.2, 0.25) is 0 Å². The van der Waals surface area contributed by atoms with E-state index in [-0.39, 0.29) is 36.6 Å². The number of fused-ring (bicyclic) bond motifs is 2. The number of nitrogens with zero attached hydrogens (tertiary/aromatic N) is 1. The molecule has 3 aliphatic rings. The van der Waals surface area contributed by atoms with E-state index >= 15 is 0 Å². The average molecular weight is 298 g/mol. The minimum absolute atomic E-state index is 0.146. The molecule has 1 heterocycles. The highest BCUT2D eigenvalue weighted by Crippen LogP contribution is 2.48. The highest BCUT2D eigenvalue weighted by Gasteiger charge is 2.52. The number of hydrogen-bond acceptors (Lipinski definition) is 4. The molecule has 0 aromatic carbocycles. The molecular weight excluding hydrogens is 276 g/mol. The molecule has 2 aliphatic carbocycles. The Bertz CT molecular complexity index is 430. The molecule has 0 aromatic rings. The van der Waals surface area contributed by atoms with Gasteiger partial charge in [0, 0.05) is 12.6 Å². The maximum absolute atomic E-state index is 12.4. The van der Waals surface area contributed by atoms with E-state index in [1.807, 2.05) is 0 Å². The Morgan fingerprint density at radius 2 is 2.05 bits per heavy atom. The first-order chi connectivity index (χ1) is 10.1. The van der Waals surface area contributed by atoms with Gasteiger partial charge in [-0.1, -0.05) is 0 Å². The fraction of sp³-hybridized carbons (Fsp3) is 0.857. The van der Waals surface area contributed by atoms with Gasteiger partial charge in [0.05, 0.1) is 31.8 Å². The maximum atomic E-state index is 12.4. The second-order valence-electron chi connectivity index (χ2n) is 6.28. The second kappa shape index (κ2) is 5.81. The van der Waals surface area contributed by atoms with Crippen molar-refractivity contribution in [2.75, 3.05) is 26.4 Å². The summed E-state index contributed by atoms with van der Waals surface area (Å²) in [7, 11) is 0. The number of urea groups is 1. The predicted octanol–water partition coefficient (Wildman–Crippen LogP) is -0.112. The first-order valence-corrected chi connectivity index (χ1v) is 7.60. The van der Waals surface area contributed by atoms with Gasteiger partial charge in [-0.05, 0) is 31.1 Å². The molecule has 2 saturated carbocycles. The van der Waals surface area contributed by atoms with Crippen LogP contribution in [0.3, 0.4) is 0 Å². The third-order valence-electron chi connectivity index (χ3n) is 5.19. The average Bonchev–Trinajstić information content (AvgIpc) is 3.08. The van der Waals surface area contributed by atoms with Gasteiger partial charge in [-0.2, -0.15) is 0 Å². The number of carboxylic acids is 1. The molecular formula is C14H22N2O5. The van der Waals surface area contributed by atoms with Crippen molar-refractivity contribution in [3.63, 3.8) is 0 Å². The van der Waals surface area contributed by atoms with E-state index in [1.165, 1.54) is 0 Å². The van der Waals surface area contributed by atoms with Crippen LogP contribution in [0.1, 0.15) is 19.3 Å². The monoisotopic (exact) mass is 298 g/mol. The van der Waals surface area contributed by atoms with E-state index in [2.05, 4.69) is 5.32 Å². The van der Waals surface area contributed by atoms with Crippen LogP contribution in [-0.4, -0.2) is 65.6 Å². The number of carboxylic acid groups (broad SMARTS) is 1. The van der Waals surface area contributed by atoms with Crippen molar-refractivity contribution < 1.29 is 24.5 Å². The molecule has 3 fully saturated rings. The molecule has 5 atom stereocenters. The summed E-state index contributed by atoms with van der Waals surface area (Å²) in [4.78, 5) is 25.4. The fourth-order valence-electron chi connectivity index (χ4n) is 4.15. The molecule has 5 unspecified atom stereocenters. The zero-order chi connectivity index (χ0) is 15.0. The first-order valence-electron chi connectivity index (χ1n) is 7.60. The number of morpholine rings is 1. The number of amides is 2. The van der Waals surface area contributed by atoms with Crippen LogP contribution in [0.4, 0.5) is 4.79 Å². The Kier molecular flexibility index (Phi) is 4.03. The van der Waals surface area contributed by atoms with Gasteiger partial charge in [-0.25, -0.2) is 4.79 Å². The van der Waals surface area contributed by atoms with Crippen molar-refractivity contribution in [1.29, 1.82) is 0 Å². The lowest BCUT2D eigenvalue weighted by Crippen LogP contribution is -2.57. The van der Waals surface area contributed by atoms with Gasteiger partial charge in [-0.3, -0.25) is 4.79 Å². The molecule has 118 valence electrons. The molecule has 1 saturated heterocycles. The first kappa shape index (κ1) is 14.6. The minimum atomic E-state index is -0.812. The summed E-state index contributed by atoms with van der Waals surface area (Å²) in [6.45, 7) is 1.05. The summed E-state index contributed by atoms with van der Waals surface area (Å²) < 4.78 is 5.26. The molecule has 3 N–H and O–H groups in total. The Labute approximate surface area is 123 Å². The van der Waals surface area contributed by atoms with Crippen LogP contribution < -0.4 is 5.32 Å². The normalized spacial score (nSPS) is 38.5. The third-order valence-corrected chi connectivity index (χ3v) is 5.19. The summed E-state index contributed by atoms with van der Waals surface area (Å²) >= 11 is 0. The van der Waals surface area contributed by atoms with Crippen molar-refractivity contribution in [2.45, 2.75) is 31.3 Å². The number of aliphatic hydroxyl groups is 1. The van der Waals surface area contributed by atoms with Gasteiger partial charge in [-0.15, -0.1) is 0 Å². The molecule has 3 rings (SSSR count). The summed E-state index contributed by atoms with van der Waals surface area (Å²) in [5.74, 6) is -0.820. The Morgan fingerprint density at radius 1 is 1.29 bits per heavy atom. The van der Waals surface area contributed by atoms with Gasteiger partial charge in [0.15, 0.2) is 0 Å². The Morgan fingerprint density at radius 3 is 2.76 bits per heavy atom. The van der Waals surface area contributed by atoms with E-state index in [9.17, 15) is 19.8 Å². The number of ether oxygens (including phenoxy) is 1. The van der Waals surface area contributed by atoms with E-state index in [0.29, 0.717) is 19.8 Å². The highest BCUT2D eigenvalue weighted by molar-refractivity contribution is 5.78. The zero-order valence-electron chi connectivity index (χ0n) is 11.9. The number of aliphatic carboxylic acids is 1. The summed E-state index contributed by atoms with van der Waals surface area (Å²) in [6.07, 6.45) is 2.84.